The number of amides is 1. The third-order valence-electron chi connectivity index (χ3n) is 2.10. The molecule has 6 nitrogen and oxygen atoms in total. The second kappa shape index (κ2) is 7.60. The minimum atomic E-state index is -6.09. The Labute approximate surface area is 116 Å². The number of quaternary nitrogens is 1. The number of carbonyl (C=O) groups excluding carboxylic acids is 1. The van der Waals surface area contributed by atoms with Crippen LogP contribution in [0.4, 0.5) is 13.2 Å². The number of hydrogen-bond acceptors (Lipinski definition) is 4. The summed E-state index contributed by atoms with van der Waals surface area (Å²) in [5.41, 5.74) is -5.65. The summed E-state index contributed by atoms with van der Waals surface area (Å²) in [5, 5.41) is 2.87. The fourth-order valence-electron chi connectivity index (χ4n) is 1.07. The van der Waals surface area contributed by atoms with Gasteiger partial charge in [0.25, 0.3) is 0 Å². The van der Waals surface area contributed by atoms with Crippen LogP contribution in [0.1, 0.15) is 13.3 Å². The van der Waals surface area contributed by atoms with Crippen molar-refractivity contribution >= 4 is 16.0 Å². The number of halogens is 3. The maximum Gasteiger partial charge on any atom is 0.485 e. The van der Waals surface area contributed by atoms with Crippen molar-refractivity contribution in [2.24, 2.45) is 0 Å². The normalized spacial score (nSPS) is 13.8. The quantitative estimate of drug-likeness (QED) is 0.273. The summed E-state index contributed by atoms with van der Waals surface area (Å²) >= 11 is 0. The molecule has 0 saturated heterocycles. The summed E-state index contributed by atoms with van der Waals surface area (Å²) < 4.78 is 59.6. The van der Waals surface area contributed by atoms with E-state index in [-0.39, 0.29) is 12.1 Å². The molecule has 0 aromatic carbocycles. The first-order valence-electron chi connectivity index (χ1n) is 5.43. The number of nitrogens with zero attached hydrogens (tertiary/aromatic N) is 1. The molecule has 1 unspecified atom stereocenters. The van der Waals surface area contributed by atoms with E-state index in [0.717, 1.165) is 10.9 Å². The van der Waals surface area contributed by atoms with Crippen molar-refractivity contribution in [1.82, 2.24) is 5.32 Å². The van der Waals surface area contributed by atoms with Crippen LogP contribution in [0.2, 0.25) is 0 Å². The third-order valence-corrected chi connectivity index (χ3v) is 2.67. The SMILES string of the molecule is C=CC(=O)NC(CC)[N+](C)(C)C.O=S(=O)([O-])C(F)(F)F. The topological polar surface area (TPSA) is 86.3 Å². The van der Waals surface area contributed by atoms with Crippen molar-refractivity contribution in [3.8, 4) is 0 Å². The van der Waals surface area contributed by atoms with Gasteiger partial charge in [0.15, 0.2) is 16.3 Å². The molecule has 0 saturated carbocycles. The predicted octanol–water partition coefficient (Wildman–Crippen LogP) is 0.782. The highest BCUT2D eigenvalue weighted by atomic mass is 32.2. The first-order chi connectivity index (χ1) is 8.66. The van der Waals surface area contributed by atoms with Gasteiger partial charge in [0.05, 0.1) is 21.1 Å². The molecule has 0 aliphatic carbocycles. The minimum absolute atomic E-state index is 0.102. The Bertz CT molecular complexity index is 427. The molecule has 10 heteroatoms. The van der Waals surface area contributed by atoms with E-state index in [1.807, 2.05) is 0 Å². The van der Waals surface area contributed by atoms with Gasteiger partial charge in [-0.05, 0) is 6.08 Å². The first-order valence-corrected chi connectivity index (χ1v) is 6.83. The summed E-state index contributed by atoms with van der Waals surface area (Å²) in [7, 11) is 0.0691. The molecule has 0 aromatic heterocycles. The zero-order chi connectivity index (χ0) is 16.8. The van der Waals surface area contributed by atoms with E-state index in [4.69, 9.17) is 13.0 Å². The lowest BCUT2D eigenvalue weighted by molar-refractivity contribution is -0.898. The van der Waals surface area contributed by atoms with Crippen molar-refractivity contribution in [3.63, 3.8) is 0 Å². The van der Waals surface area contributed by atoms with Gasteiger partial charge < -0.3 is 14.4 Å². The van der Waals surface area contributed by atoms with Gasteiger partial charge in [-0.1, -0.05) is 13.5 Å². The molecule has 1 amide bonds. The maximum atomic E-state index is 11.0. The monoisotopic (exact) mass is 320 g/mol. The van der Waals surface area contributed by atoms with Crippen molar-refractivity contribution in [1.29, 1.82) is 0 Å². The summed E-state index contributed by atoms with van der Waals surface area (Å²) in [5.74, 6) is -0.102. The lowest BCUT2D eigenvalue weighted by Crippen LogP contribution is -2.54. The average Bonchev–Trinajstić information content (AvgIpc) is 2.21. The van der Waals surface area contributed by atoms with Crippen LogP contribution in [-0.4, -0.2) is 56.2 Å². The van der Waals surface area contributed by atoms with E-state index >= 15 is 0 Å². The summed E-state index contributed by atoms with van der Waals surface area (Å²) in [4.78, 5) is 11.0. The van der Waals surface area contributed by atoms with Gasteiger partial charge in [-0.25, -0.2) is 8.42 Å². The van der Waals surface area contributed by atoms with Gasteiger partial charge in [0.2, 0.25) is 5.91 Å². The molecule has 0 bridgehead atoms. The zero-order valence-electron chi connectivity index (χ0n) is 11.7. The molecule has 0 aliphatic rings. The highest BCUT2D eigenvalue weighted by Crippen LogP contribution is 2.20. The molecule has 1 atom stereocenters. The average molecular weight is 320 g/mol. The molecule has 1 N–H and O–H groups in total. The molecule has 0 spiro atoms. The van der Waals surface area contributed by atoms with Crippen molar-refractivity contribution < 1.29 is 35.4 Å². The lowest BCUT2D eigenvalue weighted by atomic mass is 10.3. The zero-order valence-corrected chi connectivity index (χ0v) is 12.5. The molecule has 0 heterocycles. The van der Waals surface area contributed by atoms with E-state index in [0.29, 0.717) is 0 Å². The number of nitrogens with one attached hydrogen (secondary N) is 1. The standard InChI is InChI=1S/C9H18N2O.CHF3O3S/c1-6-8(11(3,4)5)10-9(12)7-2;2-1(3,4)8(5,6)7/h7-8H,2,6H2,1,3-5H3;(H,5,6,7). The second-order valence-corrected chi connectivity index (χ2v) is 6.02. The van der Waals surface area contributed by atoms with Crippen LogP contribution in [0, 0.1) is 0 Å². The molecule has 0 rings (SSSR count). The number of carbonyl (C=O) groups is 1. The van der Waals surface area contributed by atoms with Gasteiger partial charge in [-0.15, -0.1) is 0 Å². The van der Waals surface area contributed by atoms with Crippen LogP contribution in [0.15, 0.2) is 12.7 Å². The van der Waals surface area contributed by atoms with Crippen molar-refractivity contribution in [2.75, 3.05) is 21.1 Å². The number of alkyl halides is 3. The van der Waals surface area contributed by atoms with E-state index in [1.54, 1.807) is 0 Å². The highest BCUT2D eigenvalue weighted by Gasteiger charge is 2.36. The Balaban J connectivity index is 0. The molecule has 0 aliphatic heterocycles. The molecule has 120 valence electrons. The molecule has 20 heavy (non-hydrogen) atoms. The molecule has 0 fully saturated rings. The van der Waals surface area contributed by atoms with E-state index in [9.17, 15) is 18.0 Å². The van der Waals surface area contributed by atoms with Gasteiger partial charge >= 0.3 is 5.51 Å². The van der Waals surface area contributed by atoms with Gasteiger partial charge in [-0.3, -0.25) is 4.79 Å². The van der Waals surface area contributed by atoms with Crippen LogP contribution in [0.25, 0.3) is 0 Å². The maximum absolute atomic E-state index is 11.0. The fourth-order valence-corrected chi connectivity index (χ4v) is 1.07. The number of rotatable bonds is 4. The summed E-state index contributed by atoms with van der Waals surface area (Å²) in [6.45, 7) is 5.46. The number of hydrogen-bond donors (Lipinski definition) is 1. The van der Waals surface area contributed by atoms with E-state index in [1.165, 1.54) is 6.08 Å². The Morgan fingerprint density at radius 3 is 1.90 bits per heavy atom. The molecule has 0 aromatic rings. The van der Waals surface area contributed by atoms with Gasteiger partial charge in [0.1, 0.15) is 0 Å². The Morgan fingerprint density at radius 2 is 1.75 bits per heavy atom. The Morgan fingerprint density at radius 1 is 1.40 bits per heavy atom. The van der Waals surface area contributed by atoms with Crippen LogP contribution < -0.4 is 5.32 Å². The third kappa shape index (κ3) is 8.88. The van der Waals surface area contributed by atoms with Crippen molar-refractivity contribution in [2.45, 2.75) is 25.0 Å². The Hall–Kier alpha value is -1.13. The van der Waals surface area contributed by atoms with Crippen LogP contribution >= 0.6 is 0 Å². The van der Waals surface area contributed by atoms with Crippen LogP contribution in [0.5, 0.6) is 0 Å². The van der Waals surface area contributed by atoms with Gasteiger partial charge in [0, 0.05) is 6.42 Å². The second-order valence-electron chi connectivity index (χ2n) is 4.65. The largest absolute Gasteiger partial charge is 0.741 e. The predicted molar refractivity (Wildman–Crippen MR) is 66.2 cm³/mol. The smallest absolute Gasteiger partial charge is 0.485 e. The molecular formula is C10H19F3N2O4S. The Kier molecular flexibility index (Phi) is 8.04. The molecule has 0 radical (unpaired) electrons. The van der Waals surface area contributed by atoms with Crippen LogP contribution in [0.3, 0.4) is 0 Å². The minimum Gasteiger partial charge on any atom is -0.741 e. The fraction of sp³-hybridized carbons (Fsp3) is 0.700. The highest BCUT2D eigenvalue weighted by molar-refractivity contribution is 7.86. The van der Waals surface area contributed by atoms with Crippen LogP contribution in [-0.2, 0) is 14.9 Å². The summed E-state index contributed by atoms with van der Waals surface area (Å²) in [6.07, 6.45) is 2.39. The van der Waals surface area contributed by atoms with E-state index < -0.39 is 15.6 Å². The first kappa shape index (κ1) is 21.2. The summed E-state index contributed by atoms with van der Waals surface area (Å²) in [6, 6.07) is 0. The lowest BCUT2D eigenvalue weighted by Gasteiger charge is -2.33. The van der Waals surface area contributed by atoms with Gasteiger partial charge in [-0.2, -0.15) is 13.2 Å². The van der Waals surface area contributed by atoms with Crippen molar-refractivity contribution in [3.05, 3.63) is 12.7 Å². The van der Waals surface area contributed by atoms with E-state index in [2.05, 4.69) is 40.0 Å². The molecular weight excluding hydrogens is 301 g/mol.